The number of anilines is 1. The van der Waals surface area contributed by atoms with E-state index in [-0.39, 0.29) is 0 Å². The van der Waals surface area contributed by atoms with E-state index in [2.05, 4.69) is 9.97 Å². The molecule has 3 aromatic rings. The molecule has 0 amide bonds. The van der Waals surface area contributed by atoms with Gasteiger partial charge in [0.15, 0.2) is 5.82 Å². The molecule has 3 rings (SSSR count). The van der Waals surface area contributed by atoms with Gasteiger partial charge in [-0.1, -0.05) is 0 Å². The summed E-state index contributed by atoms with van der Waals surface area (Å²) in [5.41, 5.74) is 8.91. The molecule has 19 heavy (non-hydrogen) atoms. The Hall–Kier alpha value is -2.43. The molecule has 0 saturated heterocycles. The molecule has 0 fully saturated rings. The first-order chi connectivity index (χ1) is 9.09. The van der Waals surface area contributed by atoms with Crippen molar-refractivity contribution in [2.24, 2.45) is 0 Å². The monoisotopic (exact) mass is 256 g/mol. The van der Waals surface area contributed by atoms with Crippen LogP contribution in [0.5, 0.6) is 0 Å². The van der Waals surface area contributed by atoms with E-state index in [1.165, 1.54) is 6.07 Å². The van der Waals surface area contributed by atoms with Crippen molar-refractivity contribution in [1.29, 1.82) is 0 Å². The summed E-state index contributed by atoms with van der Waals surface area (Å²) in [6, 6.07) is 4.94. The fourth-order valence-corrected chi connectivity index (χ4v) is 2.18. The predicted molar refractivity (Wildman–Crippen MR) is 72.7 cm³/mol. The molecule has 0 unspecified atom stereocenters. The molecule has 2 heterocycles. The normalized spacial score (nSPS) is 11.1. The summed E-state index contributed by atoms with van der Waals surface area (Å²) in [5.74, 6) is -0.399. The lowest BCUT2D eigenvalue weighted by Crippen LogP contribution is -2.03. The maximum atomic E-state index is 14.3. The number of fused-ring (bicyclic) bond motifs is 1. The minimum absolute atomic E-state index is 0.388. The maximum absolute atomic E-state index is 14.3. The number of pyridine rings is 1. The number of imidazole rings is 1. The molecule has 0 aliphatic heterocycles. The van der Waals surface area contributed by atoms with Crippen LogP contribution in [0.15, 0.2) is 30.7 Å². The number of nitrogen functional groups attached to an aromatic ring is 1. The van der Waals surface area contributed by atoms with Crippen LogP contribution in [0.4, 0.5) is 10.1 Å². The van der Waals surface area contributed by atoms with Crippen LogP contribution in [-0.2, 0) is 0 Å². The van der Waals surface area contributed by atoms with Gasteiger partial charge in [0.2, 0.25) is 0 Å². The highest BCUT2D eigenvalue weighted by atomic mass is 19.1. The molecular formula is C14H13FN4. The van der Waals surface area contributed by atoms with Crippen LogP contribution in [-0.4, -0.2) is 14.5 Å². The van der Waals surface area contributed by atoms with Crippen molar-refractivity contribution in [2.75, 3.05) is 5.73 Å². The van der Waals surface area contributed by atoms with E-state index in [1.807, 2.05) is 19.9 Å². The fourth-order valence-electron chi connectivity index (χ4n) is 2.18. The number of nitrogens with two attached hydrogens (primary N) is 1. The zero-order valence-corrected chi connectivity index (χ0v) is 10.7. The van der Waals surface area contributed by atoms with Gasteiger partial charge in [-0.05, 0) is 32.0 Å². The summed E-state index contributed by atoms with van der Waals surface area (Å²) < 4.78 is 16.0. The highest BCUT2D eigenvalue weighted by Gasteiger charge is 2.15. The molecule has 1 aromatic carbocycles. The third-order valence-corrected chi connectivity index (χ3v) is 3.34. The lowest BCUT2D eigenvalue weighted by Gasteiger charge is -2.11. The van der Waals surface area contributed by atoms with Gasteiger partial charge in [-0.3, -0.25) is 9.55 Å². The Bertz CT molecular complexity index is 776. The number of hydrogen-bond acceptors (Lipinski definition) is 3. The van der Waals surface area contributed by atoms with Crippen LogP contribution in [0.3, 0.4) is 0 Å². The average molecular weight is 256 g/mol. The minimum atomic E-state index is -0.399. The Morgan fingerprint density at radius 1 is 1.26 bits per heavy atom. The second kappa shape index (κ2) is 4.05. The van der Waals surface area contributed by atoms with Crippen LogP contribution in [0.2, 0.25) is 0 Å². The molecule has 0 aliphatic rings. The Balaban J connectivity index is 2.44. The summed E-state index contributed by atoms with van der Waals surface area (Å²) in [7, 11) is 0. The maximum Gasteiger partial charge on any atom is 0.151 e. The van der Waals surface area contributed by atoms with E-state index in [1.54, 1.807) is 23.2 Å². The quantitative estimate of drug-likeness (QED) is 0.681. The van der Waals surface area contributed by atoms with Gasteiger partial charge < -0.3 is 5.73 Å². The zero-order valence-electron chi connectivity index (χ0n) is 10.7. The number of nitrogens with zero attached hydrogens (tertiary/aromatic N) is 3. The molecule has 5 heteroatoms. The molecular weight excluding hydrogens is 243 g/mol. The van der Waals surface area contributed by atoms with Crippen molar-refractivity contribution in [3.05, 3.63) is 47.9 Å². The molecule has 0 aliphatic carbocycles. The molecule has 0 atom stereocenters. The Morgan fingerprint density at radius 3 is 2.74 bits per heavy atom. The molecule has 4 nitrogen and oxygen atoms in total. The lowest BCUT2D eigenvalue weighted by molar-refractivity contribution is 0.619. The van der Waals surface area contributed by atoms with Crippen molar-refractivity contribution in [3.63, 3.8) is 0 Å². The molecule has 2 aromatic heterocycles. The number of benzene rings is 1. The van der Waals surface area contributed by atoms with Gasteiger partial charge in [-0.2, -0.15) is 0 Å². The molecule has 2 N–H and O–H groups in total. The first-order valence-corrected chi connectivity index (χ1v) is 5.93. The van der Waals surface area contributed by atoms with Gasteiger partial charge in [0.25, 0.3) is 0 Å². The first-order valence-electron chi connectivity index (χ1n) is 5.93. The third kappa shape index (κ3) is 1.66. The summed E-state index contributed by atoms with van der Waals surface area (Å²) >= 11 is 0. The van der Waals surface area contributed by atoms with Gasteiger partial charge in [0.05, 0.1) is 17.5 Å². The summed E-state index contributed by atoms with van der Waals surface area (Å²) in [6.45, 7) is 3.78. The van der Waals surface area contributed by atoms with Crippen molar-refractivity contribution in [1.82, 2.24) is 14.5 Å². The molecule has 0 radical (unpaired) electrons. The summed E-state index contributed by atoms with van der Waals surface area (Å²) in [6.07, 6.45) is 3.23. The van der Waals surface area contributed by atoms with Gasteiger partial charge in [-0.25, -0.2) is 9.37 Å². The Labute approximate surface area is 109 Å². The van der Waals surface area contributed by atoms with Gasteiger partial charge in [0, 0.05) is 23.0 Å². The van der Waals surface area contributed by atoms with Crippen molar-refractivity contribution < 1.29 is 4.39 Å². The molecule has 96 valence electrons. The molecule has 0 saturated carbocycles. The Kier molecular flexibility index (Phi) is 2.48. The van der Waals surface area contributed by atoms with E-state index >= 15 is 0 Å². The van der Waals surface area contributed by atoms with Gasteiger partial charge >= 0.3 is 0 Å². The highest BCUT2D eigenvalue weighted by Crippen LogP contribution is 2.29. The number of rotatable bonds is 1. The molecule has 0 bridgehead atoms. The fraction of sp³-hybridized carbons (Fsp3) is 0.143. The minimum Gasteiger partial charge on any atom is -0.398 e. The first kappa shape index (κ1) is 11.6. The topological polar surface area (TPSA) is 56.7 Å². The second-order valence-electron chi connectivity index (χ2n) is 4.48. The van der Waals surface area contributed by atoms with Crippen LogP contribution in [0, 0.1) is 19.7 Å². The highest BCUT2D eigenvalue weighted by molar-refractivity contribution is 5.95. The van der Waals surface area contributed by atoms with E-state index in [0.29, 0.717) is 16.9 Å². The van der Waals surface area contributed by atoms with E-state index in [4.69, 9.17) is 5.73 Å². The smallest absolute Gasteiger partial charge is 0.151 e. The standard InChI is InChI=1S/C14H13FN4/c1-8-9(2)19(7-18-8)14-11(15)6-12(16)10-4-3-5-17-13(10)14/h3-7H,16H2,1-2H3. The van der Waals surface area contributed by atoms with E-state index in [9.17, 15) is 4.39 Å². The van der Waals surface area contributed by atoms with E-state index < -0.39 is 5.82 Å². The van der Waals surface area contributed by atoms with Crippen molar-refractivity contribution >= 4 is 16.6 Å². The van der Waals surface area contributed by atoms with E-state index in [0.717, 1.165) is 16.8 Å². The number of aryl methyl sites for hydroxylation is 1. The van der Waals surface area contributed by atoms with Crippen molar-refractivity contribution in [3.8, 4) is 5.69 Å². The lowest BCUT2D eigenvalue weighted by atomic mass is 10.1. The van der Waals surface area contributed by atoms with Gasteiger partial charge in [0.1, 0.15) is 5.69 Å². The second-order valence-corrected chi connectivity index (χ2v) is 4.48. The van der Waals surface area contributed by atoms with Crippen LogP contribution in [0.25, 0.3) is 16.6 Å². The summed E-state index contributed by atoms with van der Waals surface area (Å²) in [5, 5.41) is 0.740. The van der Waals surface area contributed by atoms with Gasteiger partial charge in [-0.15, -0.1) is 0 Å². The third-order valence-electron chi connectivity index (χ3n) is 3.34. The van der Waals surface area contributed by atoms with Crippen molar-refractivity contribution in [2.45, 2.75) is 13.8 Å². The van der Waals surface area contributed by atoms with Crippen LogP contribution >= 0.6 is 0 Å². The predicted octanol–water partition coefficient (Wildman–Crippen LogP) is 2.76. The average Bonchev–Trinajstić information content (AvgIpc) is 2.71. The number of aromatic nitrogens is 3. The van der Waals surface area contributed by atoms with Crippen LogP contribution in [0.1, 0.15) is 11.4 Å². The Morgan fingerprint density at radius 2 is 2.05 bits per heavy atom. The molecule has 0 spiro atoms. The van der Waals surface area contributed by atoms with Crippen LogP contribution < -0.4 is 5.73 Å². The number of hydrogen-bond donors (Lipinski definition) is 1. The largest absolute Gasteiger partial charge is 0.398 e. The summed E-state index contributed by atoms with van der Waals surface area (Å²) in [4.78, 5) is 8.46. The number of halogens is 1. The zero-order chi connectivity index (χ0) is 13.6. The SMILES string of the molecule is Cc1ncn(-c2c(F)cc(N)c3cccnc23)c1C.